The van der Waals surface area contributed by atoms with Gasteiger partial charge in [-0.3, -0.25) is 14.4 Å². The summed E-state index contributed by atoms with van der Waals surface area (Å²) in [5, 5.41) is 11.6. The van der Waals surface area contributed by atoms with Crippen LogP contribution in [0.15, 0.2) is 94.5 Å². The molecule has 9 nitrogen and oxygen atoms in total. The van der Waals surface area contributed by atoms with Crippen molar-refractivity contribution in [2.24, 2.45) is 5.92 Å². The molecule has 2 heterocycles. The Balaban J connectivity index is 1.34. The molecule has 3 atom stereocenters. The third-order valence-electron chi connectivity index (χ3n) is 7.78. The minimum absolute atomic E-state index is 0.0148. The van der Waals surface area contributed by atoms with Gasteiger partial charge in [-0.25, -0.2) is 8.42 Å². The molecule has 0 unspecified atom stereocenters. The van der Waals surface area contributed by atoms with Crippen LogP contribution in [0.4, 0.5) is 5.69 Å². The molecular weight excluding hydrogens is 611 g/mol. The number of aliphatic hydroxyl groups is 1. The molecule has 1 amide bonds. The number of benzene rings is 3. The predicted molar refractivity (Wildman–Crippen MR) is 176 cm³/mol. The van der Waals surface area contributed by atoms with Gasteiger partial charge in [-0.1, -0.05) is 43.3 Å². The molecule has 0 bridgehead atoms. The van der Waals surface area contributed by atoms with E-state index in [0.717, 1.165) is 28.4 Å². The highest BCUT2D eigenvalue weighted by Gasteiger charge is 2.31. The Hall–Kier alpha value is -3.90. The summed E-state index contributed by atoms with van der Waals surface area (Å²) in [4.78, 5) is 17.4. The van der Waals surface area contributed by atoms with Crippen LogP contribution < -0.4 is 14.2 Å². The number of hydrogen-bond donors (Lipinski definition) is 2. The number of sulfonamides is 1. The molecular formula is C34H39N3O6S2. The molecule has 5 rings (SSSR count). The number of amides is 1. The number of carbonyl (C=O) groups excluding carboxylic acids is 1. The van der Waals surface area contributed by atoms with Crippen LogP contribution in [0.5, 0.6) is 17.2 Å². The van der Waals surface area contributed by atoms with Gasteiger partial charge in [0.25, 0.3) is 10.0 Å². The molecule has 0 saturated heterocycles. The number of likely N-dealkylation sites (N-methyl/N-ethyl adjacent to an activating group) is 1. The first-order valence-electron chi connectivity index (χ1n) is 14.9. The van der Waals surface area contributed by atoms with Crippen LogP contribution in [-0.4, -0.2) is 68.1 Å². The standard InChI is InChI=1S/C34H39N3O6S2/c1-24-20-37(25(2)23-38)33(39)19-27-18-28(35-45(40,41)34-10-7-17-44-34)13-16-31(27)43-32(24)22-36(3)21-26-11-14-30(15-12-26)42-29-8-5-4-6-9-29/h4-18,24-25,32,35,38H,19-23H2,1-3H3/t24-,25-,32+/m1/s1. The topological polar surface area (TPSA) is 108 Å². The van der Waals surface area contributed by atoms with Gasteiger partial charge < -0.3 is 19.5 Å². The largest absolute Gasteiger partial charge is 0.488 e. The zero-order chi connectivity index (χ0) is 32.0. The van der Waals surface area contributed by atoms with Crippen molar-refractivity contribution in [2.75, 3.05) is 31.5 Å². The van der Waals surface area contributed by atoms with E-state index in [4.69, 9.17) is 9.47 Å². The molecule has 0 aliphatic carbocycles. The number of rotatable bonds is 11. The summed E-state index contributed by atoms with van der Waals surface area (Å²) in [5.74, 6) is 1.86. The summed E-state index contributed by atoms with van der Waals surface area (Å²) in [6.07, 6.45) is -0.275. The van der Waals surface area contributed by atoms with Crippen LogP contribution in [0.3, 0.4) is 0 Å². The van der Waals surface area contributed by atoms with Crippen LogP contribution >= 0.6 is 11.3 Å². The van der Waals surface area contributed by atoms with Crippen molar-refractivity contribution in [3.8, 4) is 17.2 Å². The number of carbonyl (C=O) groups is 1. The van der Waals surface area contributed by atoms with E-state index in [9.17, 15) is 18.3 Å². The number of ether oxygens (including phenoxy) is 2. The monoisotopic (exact) mass is 649 g/mol. The SMILES string of the molecule is C[C@@H]1CN([C@H](C)CO)C(=O)Cc2cc(NS(=O)(=O)c3cccs3)ccc2O[C@H]1CN(C)Cc1ccc(Oc2ccccc2)cc1. The lowest BCUT2D eigenvalue weighted by Crippen LogP contribution is -2.47. The van der Waals surface area contributed by atoms with Gasteiger partial charge in [0, 0.05) is 36.8 Å². The number of anilines is 1. The van der Waals surface area contributed by atoms with Crippen molar-refractivity contribution < 1.29 is 27.8 Å². The highest BCUT2D eigenvalue weighted by molar-refractivity contribution is 7.94. The first-order chi connectivity index (χ1) is 21.6. The zero-order valence-corrected chi connectivity index (χ0v) is 27.3. The molecule has 4 aromatic rings. The maximum atomic E-state index is 13.5. The lowest BCUT2D eigenvalue weighted by Gasteiger charge is -2.34. The minimum atomic E-state index is -3.76. The maximum absolute atomic E-state index is 13.5. The number of nitrogens with zero attached hydrogens (tertiary/aromatic N) is 2. The molecule has 1 aromatic heterocycles. The number of thiophene rings is 1. The lowest BCUT2D eigenvalue weighted by molar-refractivity contribution is -0.134. The molecule has 238 valence electrons. The Morgan fingerprint density at radius 3 is 2.49 bits per heavy atom. The Labute approximate surface area is 269 Å². The van der Waals surface area contributed by atoms with Crippen LogP contribution in [0.1, 0.15) is 25.0 Å². The molecule has 1 aliphatic rings. The minimum Gasteiger partial charge on any atom is -0.488 e. The van der Waals surface area contributed by atoms with Crippen molar-refractivity contribution in [3.05, 3.63) is 101 Å². The van der Waals surface area contributed by atoms with Gasteiger partial charge in [-0.2, -0.15) is 0 Å². The summed E-state index contributed by atoms with van der Waals surface area (Å²) in [6, 6.07) is 25.5. The molecule has 45 heavy (non-hydrogen) atoms. The normalized spacial score (nSPS) is 17.9. The molecule has 2 N–H and O–H groups in total. The summed E-state index contributed by atoms with van der Waals surface area (Å²) in [7, 11) is -1.73. The van der Waals surface area contributed by atoms with Crippen LogP contribution in [0.25, 0.3) is 0 Å². The van der Waals surface area contributed by atoms with Gasteiger partial charge in [-0.05, 0) is 73.4 Å². The van der Waals surface area contributed by atoms with E-state index in [1.165, 1.54) is 0 Å². The fraction of sp³-hybridized carbons (Fsp3) is 0.324. The second kappa shape index (κ2) is 14.5. The van der Waals surface area contributed by atoms with E-state index in [1.54, 1.807) is 40.6 Å². The Kier molecular flexibility index (Phi) is 10.4. The van der Waals surface area contributed by atoms with Crippen LogP contribution in [-0.2, 0) is 27.8 Å². The molecule has 1 aliphatic heterocycles. The van der Waals surface area contributed by atoms with E-state index < -0.39 is 10.0 Å². The third kappa shape index (κ3) is 8.43. The summed E-state index contributed by atoms with van der Waals surface area (Å²) in [5.41, 5.74) is 2.04. The highest BCUT2D eigenvalue weighted by Crippen LogP contribution is 2.31. The van der Waals surface area contributed by atoms with Crippen LogP contribution in [0, 0.1) is 5.92 Å². The Morgan fingerprint density at radius 2 is 1.80 bits per heavy atom. The summed E-state index contributed by atoms with van der Waals surface area (Å²) >= 11 is 1.13. The number of aliphatic hydroxyl groups excluding tert-OH is 1. The van der Waals surface area contributed by atoms with Gasteiger partial charge in [0.15, 0.2) is 0 Å². The van der Waals surface area contributed by atoms with E-state index in [2.05, 4.69) is 9.62 Å². The maximum Gasteiger partial charge on any atom is 0.271 e. The van der Waals surface area contributed by atoms with Crippen molar-refractivity contribution >= 4 is 33.0 Å². The smallest absolute Gasteiger partial charge is 0.271 e. The number of para-hydroxylation sites is 1. The summed E-state index contributed by atoms with van der Waals surface area (Å²) in [6.45, 7) is 5.36. The molecule has 0 fully saturated rings. The van der Waals surface area contributed by atoms with Crippen molar-refractivity contribution in [3.63, 3.8) is 0 Å². The third-order valence-corrected chi connectivity index (χ3v) is 10.6. The molecule has 0 saturated carbocycles. The zero-order valence-electron chi connectivity index (χ0n) is 25.6. The van der Waals surface area contributed by atoms with E-state index in [-0.39, 0.29) is 41.2 Å². The Bertz CT molecular complexity index is 1660. The second-order valence-electron chi connectivity index (χ2n) is 11.5. The first kappa shape index (κ1) is 32.5. The number of nitrogens with one attached hydrogen (secondary N) is 1. The fourth-order valence-corrected chi connectivity index (χ4v) is 7.35. The molecule has 0 radical (unpaired) electrons. The highest BCUT2D eigenvalue weighted by atomic mass is 32.2. The fourth-order valence-electron chi connectivity index (χ4n) is 5.30. The first-order valence-corrected chi connectivity index (χ1v) is 17.2. The molecule has 0 spiro atoms. The number of hydrogen-bond acceptors (Lipinski definition) is 8. The lowest BCUT2D eigenvalue weighted by atomic mass is 10.0. The summed E-state index contributed by atoms with van der Waals surface area (Å²) < 4.78 is 41.1. The van der Waals surface area contributed by atoms with Crippen LogP contribution in [0.2, 0.25) is 0 Å². The Morgan fingerprint density at radius 1 is 1.07 bits per heavy atom. The average Bonchev–Trinajstić information content (AvgIpc) is 3.58. The van der Waals surface area contributed by atoms with Crippen molar-refractivity contribution in [1.29, 1.82) is 0 Å². The number of fused-ring (bicyclic) bond motifs is 1. The second-order valence-corrected chi connectivity index (χ2v) is 14.4. The van der Waals surface area contributed by atoms with Gasteiger partial charge >= 0.3 is 0 Å². The van der Waals surface area contributed by atoms with Crippen molar-refractivity contribution in [1.82, 2.24) is 9.80 Å². The van der Waals surface area contributed by atoms with Crippen molar-refractivity contribution in [2.45, 2.75) is 43.2 Å². The van der Waals surface area contributed by atoms with E-state index in [0.29, 0.717) is 36.6 Å². The average molecular weight is 650 g/mol. The van der Waals surface area contributed by atoms with Gasteiger partial charge in [0.05, 0.1) is 19.1 Å². The van der Waals surface area contributed by atoms with Gasteiger partial charge in [-0.15, -0.1) is 11.3 Å². The molecule has 11 heteroatoms. The van der Waals surface area contributed by atoms with E-state index >= 15 is 0 Å². The van der Waals surface area contributed by atoms with E-state index in [1.807, 2.05) is 75.5 Å². The quantitative estimate of drug-likeness (QED) is 0.217. The predicted octanol–water partition coefficient (Wildman–Crippen LogP) is 5.62. The van der Waals surface area contributed by atoms with Gasteiger partial charge in [0.2, 0.25) is 5.91 Å². The molecule has 3 aromatic carbocycles. The van der Waals surface area contributed by atoms with Gasteiger partial charge in [0.1, 0.15) is 27.6 Å².